The molecule has 7 heteroatoms. The summed E-state index contributed by atoms with van der Waals surface area (Å²) in [5.41, 5.74) is 1.00. The Morgan fingerprint density at radius 1 is 0.933 bits per heavy atom. The molecule has 1 amide bonds. The van der Waals surface area contributed by atoms with Gasteiger partial charge in [-0.25, -0.2) is 0 Å². The van der Waals surface area contributed by atoms with Gasteiger partial charge in [-0.05, 0) is 24.5 Å². The van der Waals surface area contributed by atoms with Crippen molar-refractivity contribution in [2.24, 2.45) is 0 Å². The third kappa shape index (κ3) is 4.54. The number of rotatable bonds is 8. The summed E-state index contributed by atoms with van der Waals surface area (Å²) >= 11 is 6.38. The highest BCUT2D eigenvalue weighted by atomic mass is 35.5. The number of aliphatic hydroxyl groups is 1. The lowest BCUT2D eigenvalue weighted by Crippen LogP contribution is -2.30. The smallest absolute Gasteiger partial charge is 0.303 e. The molecule has 1 aliphatic heterocycles. The van der Waals surface area contributed by atoms with Crippen molar-refractivity contribution in [3.63, 3.8) is 0 Å². The molecule has 2 N–H and O–H groups in total. The molecule has 1 heterocycles. The van der Waals surface area contributed by atoms with Gasteiger partial charge in [0.25, 0.3) is 11.7 Å². The van der Waals surface area contributed by atoms with Crippen LogP contribution >= 0.6 is 11.6 Å². The summed E-state index contributed by atoms with van der Waals surface area (Å²) in [5.74, 6) is -2.57. The topological polar surface area (TPSA) is 94.9 Å². The Kier molecular flexibility index (Phi) is 6.90. The molecule has 30 heavy (non-hydrogen) atoms. The maximum Gasteiger partial charge on any atom is 0.303 e. The fourth-order valence-corrected chi connectivity index (χ4v) is 3.86. The first-order valence-corrected chi connectivity index (χ1v) is 10.1. The zero-order chi connectivity index (χ0) is 21.7. The number of carbonyl (C=O) groups excluding carboxylic acids is 2. The fraction of sp³-hybridized carbons (Fsp3) is 0.261. The second-order valence-corrected chi connectivity index (χ2v) is 7.49. The largest absolute Gasteiger partial charge is 0.507 e. The van der Waals surface area contributed by atoms with Crippen LogP contribution in [0.1, 0.15) is 42.9 Å². The lowest BCUT2D eigenvalue weighted by atomic mass is 9.95. The second kappa shape index (κ2) is 9.59. The Balaban J connectivity index is 1.98. The van der Waals surface area contributed by atoms with Gasteiger partial charge in [-0.15, -0.1) is 0 Å². The first-order chi connectivity index (χ1) is 14.4. The molecule has 0 saturated carbocycles. The number of hydrogen-bond donors (Lipinski definition) is 2. The van der Waals surface area contributed by atoms with Crippen LogP contribution < -0.4 is 0 Å². The Morgan fingerprint density at radius 3 is 2.27 bits per heavy atom. The van der Waals surface area contributed by atoms with Crippen molar-refractivity contribution in [2.45, 2.75) is 31.7 Å². The van der Waals surface area contributed by atoms with Crippen LogP contribution in [0, 0.1) is 0 Å². The first-order valence-electron chi connectivity index (χ1n) is 9.72. The minimum atomic E-state index is -0.866. The van der Waals surface area contributed by atoms with E-state index in [-0.39, 0.29) is 24.3 Å². The number of likely N-dealkylation sites (tertiary alicyclic amines) is 1. The number of halogens is 1. The van der Waals surface area contributed by atoms with E-state index in [2.05, 4.69) is 0 Å². The highest BCUT2D eigenvalue weighted by Crippen LogP contribution is 2.41. The van der Waals surface area contributed by atoms with Gasteiger partial charge >= 0.3 is 5.97 Å². The average Bonchev–Trinajstić information content (AvgIpc) is 2.98. The van der Waals surface area contributed by atoms with Crippen molar-refractivity contribution < 1.29 is 24.6 Å². The van der Waals surface area contributed by atoms with Gasteiger partial charge in [0.1, 0.15) is 5.76 Å². The van der Waals surface area contributed by atoms with Gasteiger partial charge in [0, 0.05) is 23.6 Å². The van der Waals surface area contributed by atoms with Gasteiger partial charge in [0.05, 0.1) is 11.6 Å². The molecule has 0 radical (unpaired) electrons. The molecule has 0 spiro atoms. The summed E-state index contributed by atoms with van der Waals surface area (Å²) < 4.78 is 0. The van der Waals surface area contributed by atoms with E-state index in [9.17, 15) is 19.5 Å². The maximum atomic E-state index is 12.9. The Morgan fingerprint density at radius 2 is 1.60 bits per heavy atom. The minimum absolute atomic E-state index is 0.00448. The van der Waals surface area contributed by atoms with Crippen LogP contribution in [0.15, 0.2) is 60.2 Å². The van der Waals surface area contributed by atoms with Crippen molar-refractivity contribution in [1.29, 1.82) is 0 Å². The zero-order valence-electron chi connectivity index (χ0n) is 16.3. The molecule has 1 atom stereocenters. The molecule has 0 bridgehead atoms. The predicted molar refractivity (Wildman–Crippen MR) is 113 cm³/mol. The van der Waals surface area contributed by atoms with Gasteiger partial charge in [-0.1, -0.05) is 66.6 Å². The number of amides is 1. The molecule has 2 aromatic rings. The number of aliphatic hydroxyl groups excluding tert-OH is 1. The average molecular weight is 428 g/mol. The second-order valence-electron chi connectivity index (χ2n) is 7.08. The Bertz CT molecular complexity index is 986. The first kappa shape index (κ1) is 21.6. The maximum absolute atomic E-state index is 12.9. The molecular weight excluding hydrogens is 406 g/mol. The van der Waals surface area contributed by atoms with E-state index >= 15 is 0 Å². The molecule has 156 valence electrons. The van der Waals surface area contributed by atoms with Crippen LogP contribution in [0.5, 0.6) is 0 Å². The summed E-state index contributed by atoms with van der Waals surface area (Å²) in [7, 11) is 0. The summed E-state index contributed by atoms with van der Waals surface area (Å²) in [5, 5.41) is 20.0. The predicted octanol–water partition coefficient (Wildman–Crippen LogP) is 4.41. The molecule has 0 unspecified atom stereocenters. The molecular formula is C23H22ClNO5. The number of unbranched alkanes of at least 4 members (excludes halogenated alkanes) is 2. The lowest BCUT2D eigenvalue weighted by Gasteiger charge is -2.26. The van der Waals surface area contributed by atoms with Gasteiger partial charge in [0.2, 0.25) is 0 Å². The van der Waals surface area contributed by atoms with Gasteiger partial charge in [-0.3, -0.25) is 14.4 Å². The van der Waals surface area contributed by atoms with Crippen LogP contribution in [0.3, 0.4) is 0 Å². The molecule has 1 fully saturated rings. The minimum Gasteiger partial charge on any atom is -0.507 e. The van der Waals surface area contributed by atoms with E-state index in [1.807, 2.05) is 0 Å². The third-order valence-electron chi connectivity index (χ3n) is 5.08. The van der Waals surface area contributed by atoms with E-state index < -0.39 is 23.7 Å². The highest BCUT2D eigenvalue weighted by Gasteiger charge is 2.46. The van der Waals surface area contributed by atoms with Crippen molar-refractivity contribution in [2.75, 3.05) is 6.54 Å². The zero-order valence-corrected chi connectivity index (χ0v) is 17.0. The van der Waals surface area contributed by atoms with E-state index in [0.717, 1.165) is 0 Å². The molecule has 2 aromatic carbocycles. The highest BCUT2D eigenvalue weighted by molar-refractivity contribution is 6.47. The molecule has 1 aliphatic rings. The van der Waals surface area contributed by atoms with Crippen molar-refractivity contribution in [3.05, 3.63) is 76.3 Å². The Labute approximate surface area is 179 Å². The molecule has 0 aromatic heterocycles. The van der Waals surface area contributed by atoms with Crippen LogP contribution in [-0.2, 0) is 14.4 Å². The number of carboxylic acid groups (broad SMARTS) is 1. The van der Waals surface area contributed by atoms with Crippen molar-refractivity contribution in [1.82, 2.24) is 4.90 Å². The molecule has 1 saturated heterocycles. The molecule has 6 nitrogen and oxygen atoms in total. The number of ketones is 1. The van der Waals surface area contributed by atoms with Gasteiger partial charge < -0.3 is 15.1 Å². The van der Waals surface area contributed by atoms with Gasteiger partial charge in [-0.2, -0.15) is 0 Å². The standard InChI is InChI=1S/C23H22ClNO5/c24-17-12-7-6-11-16(17)20-19(21(28)15-9-3-1-4-10-15)22(29)23(30)25(20)14-8-2-5-13-18(26)27/h1,3-4,6-7,9-12,20,28H,2,5,8,13-14H2,(H,26,27)/t20-/m0/s1. The van der Waals surface area contributed by atoms with E-state index in [1.165, 1.54) is 4.90 Å². The van der Waals surface area contributed by atoms with E-state index in [0.29, 0.717) is 35.4 Å². The number of nitrogens with zero attached hydrogens (tertiary/aromatic N) is 1. The fourth-order valence-electron chi connectivity index (χ4n) is 3.62. The van der Waals surface area contributed by atoms with Crippen LogP contribution in [0.4, 0.5) is 0 Å². The number of Topliss-reactive ketones (excluding diaryl/α,β-unsaturated/α-hetero) is 1. The summed E-state index contributed by atoms with van der Waals surface area (Å²) in [6, 6.07) is 14.7. The van der Waals surface area contributed by atoms with Crippen LogP contribution in [0.2, 0.25) is 5.02 Å². The van der Waals surface area contributed by atoms with Crippen LogP contribution in [0.25, 0.3) is 5.76 Å². The summed E-state index contributed by atoms with van der Waals surface area (Å²) in [6.45, 7) is 0.256. The molecule has 3 rings (SSSR count). The Hall–Kier alpha value is -3.12. The van der Waals surface area contributed by atoms with E-state index in [1.54, 1.807) is 54.6 Å². The monoisotopic (exact) mass is 427 g/mol. The summed E-state index contributed by atoms with van der Waals surface area (Å²) in [4.78, 5) is 37.8. The number of hydrogen-bond acceptors (Lipinski definition) is 4. The molecule has 0 aliphatic carbocycles. The SMILES string of the molecule is O=C(O)CCCCCN1C(=O)C(=O)C(=C(O)c2ccccc2)[C@@H]1c1ccccc1Cl. The number of carboxylic acids is 1. The van der Waals surface area contributed by atoms with Crippen molar-refractivity contribution in [3.8, 4) is 0 Å². The van der Waals surface area contributed by atoms with Gasteiger partial charge in [0.15, 0.2) is 0 Å². The summed E-state index contributed by atoms with van der Waals surface area (Å²) in [6.07, 6.45) is 1.68. The number of benzene rings is 2. The normalized spacial score (nSPS) is 18.0. The number of carbonyl (C=O) groups is 3. The quantitative estimate of drug-likeness (QED) is 0.281. The van der Waals surface area contributed by atoms with E-state index in [4.69, 9.17) is 16.7 Å². The third-order valence-corrected chi connectivity index (χ3v) is 5.42. The number of aliphatic carboxylic acids is 1. The van der Waals surface area contributed by atoms with Crippen molar-refractivity contribution >= 4 is 35.0 Å². The van der Waals surface area contributed by atoms with Crippen LogP contribution in [-0.4, -0.2) is 39.3 Å². The lowest BCUT2D eigenvalue weighted by molar-refractivity contribution is -0.140.